The fourth-order valence-electron chi connectivity index (χ4n) is 2.66. The van der Waals surface area contributed by atoms with E-state index in [1.807, 2.05) is 91.3 Å². The summed E-state index contributed by atoms with van der Waals surface area (Å²) in [6.45, 7) is 0. The van der Waals surface area contributed by atoms with Crippen LogP contribution in [0, 0.1) is 0 Å². The Morgan fingerprint density at radius 1 is 0.741 bits per heavy atom. The van der Waals surface area contributed by atoms with E-state index in [1.54, 1.807) is 6.21 Å². The summed E-state index contributed by atoms with van der Waals surface area (Å²) in [5.74, 6) is 0.453. The molecule has 0 aliphatic carbocycles. The molecule has 27 heavy (non-hydrogen) atoms. The molecule has 130 valence electrons. The number of anilines is 1. The van der Waals surface area contributed by atoms with Crippen molar-refractivity contribution in [1.29, 1.82) is 0 Å². The van der Waals surface area contributed by atoms with Gasteiger partial charge in [-0.25, -0.2) is 20.4 Å². The van der Waals surface area contributed by atoms with Crippen molar-refractivity contribution in [3.63, 3.8) is 0 Å². The molecule has 0 radical (unpaired) electrons. The molecule has 0 aliphatic rings. The first kappa shape index (κ1) is 16.6. The zero-order valence-corrected chi connectivity index (χ0v) is 14.6. The topological polar surface area (TPSA) is 64.3 Å². The molecular weight excluding hydrogens is 334 g/mol. The lowest BCUT2D eigenvalue weighted by atomic mass is 10.1. The minimum Gasteiger partial charge on any atom is -0.245 e. The van der Waals surface area contributed by atoms with Crippen LogP contribution in [0.5, 0.6) is 0 Å². The van der Waals surface area contributed by atoms with Gasteiger partial charge in [0.05, 0.1) is 17.6 Å². The minimum absolute atomic E-state index is 0.453. The highest BCUT2D eigenvalue weighted by Crippen LogP contribution is 2.24. The molecule has 5 nitrogen and oxygen atoms in total. The average Bonchev–Trinajstić information content (AvgIpc) is 2.76. The third kappa shape index (κ3) is 4.22. The van der Waals surface area contributed by atoms with E-state index in [-0.39, 0.29) is 0 Å². The highest BCUT2D eigenvalue weighted by molar-refractivity contribution is 5.79. The summed E-state index contributed by atoms with van der Waals surface area (Å²) in [7, 11) is 0. The van der Waals surface area contributed by atoms with Gasteiger partial charge in [-0.15, -0.1) is 0 Å². The van der Waals surface area contributed by atoms with Crippen molar-refractivity contribution in [2.75, 3.05) is 5.43 Å². The number of hydrazone groups is 1. The molecule has 0 bridgehead atoms. The van der Waals surface area contributed by atoms with Crippen molar-refractivity contribution in [2.45, 2.75) is 0 Å². The van der Waals surface area contributed by atoms with E-state index < -0.39 is 0 Å². The van der Waals surface area contributed by atoms with E-state index in [0.717, 1.165) is 28.1 Å². The number of benzene rings is 2. The van der Waals surface area contributed by atoms with Crippen LogP contribution >= 0.6 is 0 Å². The number of aromatic amines is 1. The Balaban J connectivity index is 1.69. The first-order valence-corrected chi connectivity index (χ1v) is 8.63. The molecule has 4 rings (SSSR count). The standard InChI is InChI=1S/C22H17N5/c1-3-7-18(8-4-1)20-15-21(19-9-5-2-6-10-19)26-22(25-20)27-24-16-17-11-13-23-14-12-17/h1-16H,(H,25,26,27)/p+1. The van der Waals surface area contributed by atoms with Crippen molar-refractivity contribution in [3.05, 3.63) is 96.8 Å². The normalized spacial score (nSPS) is 10.8. The number of rotatable bonds is 5. The van der Waals surface area contributed by atoms with Crippen LogP contribution in [-0.2, 0) is 0 Å². The number of aromatic nitrogens is 3. The highest BCUT2D eigenvalue weighted by atomic mass is 15.3. The van der Waals surface area contributed by atoms with E-state index in [0.29, 0.717) is 5.95 Å². The predicted octanol–water partition coefficient (Wildman–Crippen LogP) is 4.07. The van der Waals surface area contributed by atoms with Crippen LogP contribution in [0.3, 0.4) is 0 Å². The third-order valence-corrected chi connectivity index (χ3v) is 3.99. The van der Waals surface area contributed by atoms with Crippen LogP contribution in [0.1, 0.15) is 5.56 Å². The second-order valence-corrected chi connectivity index (χ2v) is 5.90. The second kappa shape index (κ2) is 8.01. The van der Waals surface area contributed by atoms with Gasteiger partial charge in [-0.3, -0.25) is 0 Å². The molecule has 0 amide bonds. The summed E-state index contributed by atoms with van der Waals surface area (Å²) in [6, 6.07) is 26.0. The molecular formula is C22H18N5+. The largest absolute Gasteiger partial charge is 0.245 e. The lowest BCUT2D eigenvalue weighted by Gasteiger charge is -2.08. The van der Waals surface area contributed by atoms with Gasteiger partial charge >= 0.3 is 0 Å². The Morgan fingerprint density at radius 3 is 1.85 bits per heavy atom. The van der Waals surface area contributed by atoms with Gasteiger partial charge in [0.2, 0.25) is 5.95 Å². The molecule has 4 aromatic rings. The van der Waals surface area contributed by atoms with Gasteiger partial charge in [-0.2, -0.15) is 5.10 Å². The third-order valence-electron chi connectivity index (χ3n) is 3.99. The van der Waals surface area contributed by atoms with Crippen LogP contribution in [0.25, 0.3) is 22.5 Å². The summed E-state index contributed by atoms with van der Waals surface area (Å²) >= 11 is 0. The zero-order chi connectivity index (χ0) is 18.3. The molecule has 0 unspecified atom stereocenters. The van der Waals surface area contributed by atoms with Crippen molar-refractivity contribution in [2.24, 2.45) is 5.10 Å². The van der Waals surface area contributed by atoms with Crippen LogP contribution < -0.4 is 10.4 Å². The molecule has 2 heterocycles. The second-order valence-electron chi connectivity index (χ2n) is 5.90. The first-order chi connectivity index (χ1) is 13.4. The molecule has 0 fully saturated rings. The Kier molecular flexibility index (Phi) is 4.93. The lowest BCUT2D eigenvalue weighted by Crippen LogP contribution is -2.01. The summed E-state index contributed by atoms with van der Waals surface area (Å²) in [6.07, 6.45) is 5.43. The Hall–Kier alpha value is -3.86. The molecule has 5 heteroatoms. The van der Waals surface area contributed by atoms with Gasteiger partial charge in [0.25, 0.3) is 0 Å². The van der Waals surface area contributed by atoms with Crippen LogP contribution in [0.4, 0.5) is 5.95 Å². The SMILES string of the molecule is C(=NNc1nc(-c2ccccc2)cc(-c2ccccc2)n1)c1cc[nH+]cc1. The van der Waals surface area contributed by atoms with Gasteiger partial charge in [0, 0.05) is 28.8 Å². The fraction of sp³-hybridized carbons (Fsp3) is 0. The van der Waals surface area contributed by atoms with Crippen LogP contribution in [0.2, 0.25) is 0 Å². The molecule has 0 atom stereocenters. The Bertz CT molecular complexity index is 974. The molecule has 0 saturated carbocycles. The number of hydrogen-bond donors (Lipinski definition) is 1. The number of hydrogen-bond acceptors (Lipinski definition) is 4. The monoisotopic (exact) mass is 352 g/mol. The minimum atomic E-state index is 0.453. The number of nitrogens with zero attached hydrogens (tertiary/aromatic N) is 3. The van der Waals surface area contributed by atoms with Crippen LogP contribution in [-0.4, -0.2) is 16.2 Å². The molecule has 0 aliphatic heterocycles. The van der Waals surface area contributed by atoms with E-state index in [9.17, 15) is 0 Å². The van der Waals surface area contributed by atoms with Gasteiger partial charge in [-0.1, -0.05) is 60.7 Å². The molecule has 2 aromatic carbocycles. The van der Waals surface area contributed by atoms with E-state index in [2.05, 4.69) is 25.5 Å². The zero-order valence-electron chi connectivity index (χ0n) is 14.6. The Morgan fingerprint density at radius 2 is 1.30 bits per heavy atom. The van der Waals surface area contributed by atoms with Crippen molar-refractivity contribution in [1.82, 2.24) is 9.97 Å². The van der Waals surface area contributed by atoms with Gasteiger partial charge in [0.1, 0.15) is 0 Å². The first-order valence-electron chi connectivity index (χ1n) is 8.63. The fourth-order valence-corrected chi connectivity index (χ4v) is 2.66. The summed E-state index contributed by atoms with van der Waals surface area (Å²) in [5, 5.41) is 4.27. The van der Waals surface area contributed by atoms with E-state index in [4.69, 9.17) is 0 Å². The summed E-state index contributed by atoms with van der Waals surface area (Å²) in [5.41, 5.74) is 7.67. The molecule has 2 aromatic heterocycles. The van der Waals surface area contributed by atoms with Crippen molar-refractivity contribution >= 4 is 12.2 Å². The molecule has 0 saturated heterocycles. The number of pyridine rings is 1. The van der Waals surface area contributed by atoms with Gasteiger partial charge in [0.15, 0.2) is 12.4 Å². The maximum Gasteiger partial charge on any atom is 0.244 e. The number of nitrogens with one attached hydrogen (secondary N) is 2. The smallest absolute Gasteiger partial charge is 0.244 e. The predicted molar refractivity (Wildman–Crippen MR) is 107 cm³/mol. The van der Waals surface area contributed by atoms with Crippen molar-refractivity contribution in [3.8, 4) is 22.5 Å². The van der Waals surface area contributed by atoms with Crippen LogP contribution in [0.15, 0.2) is 96.4 Å². The van der Waals surface area contributed by atoms with Crippen molar-refractivity contribution < 1.29 is 4.98 Å². The average molecular weight is 352 g/mol. The lowest BCUT2D eigenvalue weighted by molar-refractivity contribution is -0.378. The van der Waals surface area contributed by atoms with Gasteiger partial charge < -0.3 is 0 Å². The molecule has 2 N–H and O–H groups in total. The Labute approximate surface area is 157 Å². The molecule has 0 spiro atoms. The van der Waals surface area contributed by atoms with Gasteiger partial charge in [-0.05, 0) is 6.07 Å². The maximum absolute atomic E-state index is 4.62. The van der Waals surface area contributed by atoms with E-state index in [1.165, 1.54) is 0 Å². The summed E-state index contributed by atoms with van der Waals surface area (Å²) in [4.78, 5) is 12.2. The van der Waals surface area contributed by atoms with E-state index >= 15 is 0 Å². The maximum atomic E-state index is 4.62. The highest BCUT2D eigenvalue weighted by Gasteiger charge is 2.08. The summed E-state index contributed by atoms with van der Waals surface area (Å²) < 4.78 is 0. The quantitative estimate of drug-likeness (QED) is 0.435. The number of H-pyrrole nitrogens is 1.